The molecule has 0 amide bonds. The van der Waals surface area contributed by atoms with Crippen LogP contribution in [0.25, 0.3) is 0 Å². The summed E-state index contributed by atoms with van der Waals surface area (Å²) >= 11 is 0. The predicted molar refractivity (Wildman–Crippen MR) is 89.5 cm³/mol. The molecule has 4 heteroatoms. The predicted octanol–water partition coefficient (Wildman–Crippen LogP) is 4.24. The maximum Gasteiger partial charge on any atom is 0.341 e. The fourth-order valence-corrected chi connectivity index (χ4v) is 3.69. The number of rotatable bonds is 4. The first-order chi connectivity index (χ1) is 10.6. The van der Waals surface area contributed by atoms with Gasteiger partial charge in [-0.3, -0.25) is 0 Å². The second kappa shape index (κ2) is 6.78. The summed E-state index contributed by atoms with van der Waals surface area (Å²) in [6.07, 6.45) is 7.02. The fourth-order valence-electron chi connectivity index (χ4n) is 3.69. The fraction of sp³-hybridized carbons (Fsp3) is 0.737. The highest BCUT2D eigenvalue weighted by Gasteiger charge is 2.38. The van der Waals surface area contributed by atoms with Crippen molar-refractivity contribution >= 4 is 5.97 Å². The molecule has 0 aromatic rings. The Morgan fingerprint density at radius 1 is 1.30 bits per heavy atom. The van der Waals surface area contributed by atoms with Crippen LogP contribution in [0.1, 0.15) is 73.1 Å². The van der Waals surface area contributed by atoms with Crippen LogP contribution in [0, 0.1) is 5.41 Å². The molecule has 0 aromatic carbocycles. The molecule has 0 saturated carbocycles. The molecule has 23 heavy (non-hydrogen) atoms. The Morgan fingerprint density at radius 3 is 2.61 bits per heavy atom. The lowest BCUT2D eigenvalue weighted by Gasteiger charge is -2.35. The van der Waals surface area contributed by atoms with E-state index in [1.165, 1.54) is 24.8 Å². The topological polar surface area (TPSA) is 55.8 Å². The number of hydrogen-bond donors (Lipinski definition) is 1. The summed E-state index contributed by atoms with van der Waals surface area (Å²) in [5.41, 5.74) is 3.59. The van der Waals surface area contributed by atoms with Crippen molar-refractivity contribution in [2.75, 3.05) is 0 Å². The van der Waals surface area contributed by atoms with Crippen LogP contribution in [0.5, 0.6) is 0 Å². The van der Waals surface area contributed by atoms with E-state index in [0.29, 0.717) is 0 Å². The van der Waals surface area contributed by atoms with Crippen LogP contribution < -0.4 is 0 Å². The Hall–Kier alpha value is -1.13. The van der Waals surface area contributed by atoms with Crippen LogP contribution in [-0.4, -0.2) is 23.2 Å². The largest absolute Gasteiger partial charge is 0.430 e. The Bertz CT molecular complexity index is 525. The minimum atomic E-state index is -1.20. The molecule has 1 fully saturated rings. The minimum absolute atomic E-state index is 0.220. The van der Waals surface area contributed by atoms with E-state index in [0.717, 1.165) is 19.3 Å². The van der Waals surface area contributed by atoms with Gasteiger partial charge in [0.2, 0.25) is 5.79 Å². The third-order valence-corrected chi connectivity index (χ3v) is 4.92. The molecule has 0 radical (unpaired) electrons. The van der Waals surface area contributed by atoms with Gasteiger partial charge in [0.25, 0.3) is 0 Å². The average molecular weight is 322 g/mol. The van der Waals surface area contributed by atoms with E-state index in [-0.39, 0.29) is 11.0 Å². The number of cyclic esters (lactones) is 1. The van der Waals surface area contributed by atoms with Gasteiger partial charge in [-0.1, -0.05) is 31.1 Å². The van der Waals surface area contributed by atoms with Gasteiger partial charge in [0.1, 0.15) is 0 Å². The number of aliphatic hydroxyl groups excluding tert-OH is 1. The zero-order chi connectivity index (χ0) is 17.3. The lowest BCUT2D eigenvalue weighted by molar-refractivity contribution is -0.279. The van der Waals surface area contributed by atoms with Gasteiger partial charge in [-0.25, -0.2) is 4.79 Å². The average Bonchev–Trinajstić information content (AvgIpc) is 2.38. The maximum absolute atomic E-state index is 11.9. The van der Waals surface area contributed by atoms with Gasteiger partial charge in [-0.15, -0.1) is 0 Å². The summed E-state index contributed by atoms with van der Waals surface area (Å²) < 4.78 is 10.4. The summed E-state index contributed by atoms with van der Waals surface area (Å²) in [5, 5.41) is 9.95. The van der Waals surface area contributed by atoms with Crippen molar-refractivity contribution in [1.29, 1.82) is 0 Å². The molecule has 2 rings (SSSR count). The highest BCUT2D eigenvalue weighted by atomic mass is 16.8. The molecular formula is C19H30O4. The molecule has 1 atom stereocenters. The number of unbranched alkanes of at least 4 members (excludes halogenated alkanes) is 1. The second-order valence-electron chi connectivity index (χ2n) is 7.81. The van der Waals surface area contributed by atoms with E-state index in [1.807, 2.05) is 0 Å². The van der Waals surface area contributed by atoms with E-state index in [4.69, 9.17) is 9.47 Å². The smallest absolute Gasteiger partial charge is 0.341 e. The number of ether oxygens (including phenoxy) is 2. The van der Waals surface area contributed by atoms with Crippen molar-refractivity contribution in [2.45, 2.75) is 85.2 Å². The van der Waals surface area contributed by atoms with Crippen LogP contribution in [0.3, 0.4) is 0 Å². The summed E-state index contributed by atoms with van der Waals surface area (Å²) in [6, 6.07) is 0. The van der Waals surface area contributed by atoms with E-state index >= 15 is 0 Å². The summed E-state index contributed by atoms with van der Waals surface area (Å²) in [7, 11) is 0. The van der Waals surface area contributed by atoms with Gasteiger partial charge in [0.05, 0.1) is 5.57 Å². The van der Waals surface area contributed by atoms with Crippen molar-refractivity contribution in [3.05, 3.63) is 22.8 Å². The Balaban J connectivity index is 1.93. The Labute approximate surface area is 139 Å². The first kappa shape index (κ1) is 18.2. The number of aliphatic hydroxyl groups is 1. The summed E-state index contributed by atoms with van der Waals surface area (Å²) in [6.45, 7) is 10.1. The van der Waals surface area contributed by atoms with Crippen LogP contribution in [0.4, 0.5) is 0 Å². The van der Waals surface area contributed by atoms with E-state index in [2.05, 4.69) is 20.8 Å². The third kappa shape index (κ3) is 4.45. The summed E-state index contributed by atoms with van der Waals surface area (Å²) in [4.78, 5) is 11.9. The van der Waals surface area contributed by atoms with Crippen LogP contribution in [-0.2, 0) is 14.3 Å². The van der Waals surface area contributed by atoms with E-state index < -0.39 is 18.0 Å². The number of hydrogen-bond acceptors (Lipinski definition) is 4. The highest BCUT2D eigenvalue weighted by Crippen LogP contribution is 2.42. The molecule has 0 spiro atoms. The van der Waals surface area contributed by atoms with Crippen LogP contribution in [0.2, 0.25) is 0 Å². The second-order valence-corrected chi connectivity index (χ2v) is 7.81. The van der Waals surface area contributed by atoms with Crippen LogP contribution in [0.15, 0.2) is 22.8 Å². The lowest BCUT2D eigenvalue weighted by atomic mass is 9.71. The maximum atomic E-state index is 11.9. The molecule has 1 heterocycles. The molecule has 2 aliphatic rings. The van der Waals surface area contributed by atoms with Gasteiger partial charge in [-0.05, 0) is 50.9 Å². The molecule has 4 nitrogen and oxygen atoms in total. The monoisotopic (exact) mass is 322 g/mol. The minimum Gasteiger partial charge on any atom is -0.430 e. The molecule has 0 bridgehead atoms. The van der Waals surface area contributed by atoms with Crippen LogP contribution >= 0.6 is 0 Å². The molecule has 130 valence electrons. The van der Waals surface area contributed by atoms with Gasteiger partial charge < -0.3 is 14.6 Å². The molecular weight excluding hydrogens is 292 g/mol. The molecule has 1 aliphatic carbocycles. The first-order valence-corrected chi connectivity index (χ1v) is 8.61. The quantitative estimate of drug-likeness (QED) is 0.364. The Morgan fingerprint density at radius 2 is 2.00 bits per heavy atom. The molecule has 1 unspecified atom stereocenters. The van der Waals surface area contributed by atoms with Gasteiger partial charge in [0.15, 0.2) is 6.29 Å². The van der Waals surface area contributed by atoms with Crippen molar-refractivity contribution in [1.82, 2.24) is 0 Å². The molecule has 0 aromatic heterocycles. The zero-order valence-electron chi connectivity index (χ0n) is 15.1. The third-order valence-electron chi connectivity index (χ3n) is 4.92. The highest BCUT2D eigenvalue weighted by molar-refractivity contribution is 5.90. The van der Waals surface area contributed by atoms with Crippen molar-refractivity contribution in [3.8, 4) is 0 Å². The zero-order valence-corrected chi connectivity index (χ0v) is 15.1. The van der Waals surface area contributed by atoms with Gasteiger partial charge in [-0.2, -0.15) is 0 Å². The van der Waals surface area contributed by atoms with Gasteiger partial charge in [0, 0.05) is 13.8 Å². The van der Waals surface area contributed by atoms with Crippen molar-refractivity contribution in [3.63, 3.8) is 0 Å². The number of carbonyl (C=O) groups excluding carboxylic acids is 1. The number of esters is 1. The first-order valence-electron chi connectivity index (χ1n) is 8.61. The summed E-state index contributed by atoms with van der Waals surface area (Å²) in [5.74, 6) is -1.55. The number of carbonyl (C=O) groups is 1. The number of allylic oxidation sites excluding steroid dienone is 3. The van der Waals surface area contributed by atoms with Gasteiger partial charge >= 0.3 is 5.97 Å². The molecule has 1 N–H and O–H groups in total. The SMILES string of the molecule is CC1=C(CCC/C=C2\C(=O)OC(C)(C)OC2O)C(C)(C)CCC1. The normalized spacial score (nSPS) is 28.9. The Kier molecular flexibility index (Phi) is 5.37. The van der Waals surface area contributed by atoms with E-state index in [1.54, 1.807) is 25.5 Å². The van der Waals surface area contributed by atoms with E-state index in [9.17, 15) is 9.90 Å². The lowest BCUT2D eigenvalue weighted by Crippen LogP contribution is -2.44. The standard InChI is InChI=1S/C19H30O4/c1-13-9-8-12-18(2,3)15(13)11-7-6-10-14-16(20)22-19(4,5)23-17(14)21/h10,16,20H,6-9,11-12H2,1-5H3/b14-10-. The van der Waals surface area contributed by atoms with Crippen molar-refractivity contribution < 1.29 is 19.4 Å². The molecule has 1 saturated heterocycles. The molecule has 1 aliphatic heterocycles. The van der Waals surface area contributed by atoms with Crippen molar-refractivity contribution in [2.24, 2.45) is 5.41 Å².